The largest absolute Gasteiger partial charge is 0.490 e. The van der Waals surface area contributed by atoms with E-state index in [2.05, 4.69) is 48.0 Å². The standard InChI is InChI=1S/C16H23BrO/c1-3-13-7-9-15(10-8-13)18-16-12(2)5-4-6-14(16)11-17/h4-6,13,15H,3,7-11H2,1-2H3. The third-order valence-electron chi connectivity index (χ3n) is 4.09. The first-order valence-corrected chi connectivity index (χ1v) is 8.17. The third-order valence-corrected chi connectivity index (χ3v) is 4.70. The molecule has 1 saturated carbocycles. The average Bonchev–Trinajstić information content (AvgIpc) is 2.42. The number of para-hydroxylation sites is 1. The molecule has 1 nitrogen and oxygen atoms in total. The van der Waals surface area contributed by atoms with Crippen LogP contribution in [0, 0.1) is 12.8 Å². The lowest BCUT2D eigenvalue weighted by Gasteiger charge is -2.29. The van der Waals surface area contributed by atoms with E-state index in [-0.39, 0.29) is 0 Å². The van der Waals surface area contributed by atoms with Crippen LogP contribution in [0.15, 0.2) is 18.2 Å². The van der Waals surface area contributed by atoms with Crippen LogP contribution in [0.2, 0.25) is 0 Å². The summed E-state index contributed by atoms with van der Waals surface area (Å²) in [6, 6.07) is 6.39. The van der Waals surface area contributed by atoms with Crippen molar-refractivity contribution in [1.29, 1.82) is 0 Å². The number of halogens is 1. The Balaban J connectivity index is 2.02. The predicted molar refractivity (Wildman–Crippen MR) is 80.5 cm³/mol. The molecule has 1 fully saturated rings. The van der Waals surface area contributed by atoms with E-state index in [0.29, 0.717) is 6.10 Å². The smallest absolute Gasteiger partial charge is 0.126 e. The molecule has 0 atom stereocenters. The van der Waals surface area contributed by atoms with E-state index in [1.165, 1.54) is 43.2 Å². The van der Waals surface area contributed by atoms with Crippen LogP contribution in [0.4, 0.5) is 0 Å². The van der Waals surface area contributed by atoms with Gasteiger partial charge in [-0.3, -0.25) is 0 Å². The minimum atomic E-state index is 0.423. The van der Waals surface area contributed by atoms with Gasteiger partial charge in [0, 0.05) is 10.9 Å². The SMILES string of the molecule is CCC1CCC(Oc2c(C)cccc2CBr)CC1. The van der Waals surface area contributed by atoms with Gasteiger partial charge < -0.3 is 4.74 Å². The highest BCUT2D eigenvalue weighted by atomic mass is 79.9. The van der Waals surface area contributed by atoms with Crippen LogP contribution in [0.3, 0.4) is 0 Å². The Morgan fingerprint density at radius 2 is 1.94 bits per heavy atom. The fourth-order valence-corrected chi connectivity index (χ4v) is 3.25. The minimum Gasteiger partial charge on any atom is -0.490 e. The summed E-state index contributed by atoms with van der Waals surface area (Å²) >= 11 is 3.55. The van der Waals surface area contributed by atoms with E-state index in [4.69, 9.17) is 4.74 Å². The molecular formula is C16H23BrO. The van der Waals surface area contributed by atoms with Crippen LogP contribution >= 0.6 is 15.9 Å². The Morgan fingerprint density at radius 3 is 2.56 bits per heavy atom. The molecule has 0 saturated heterocycles. The molecule has 0 aromatic heterocycles. The summed E-state index contributed by atoms with van der Waals surface area (Å²) in [6.07, 6.45) is 6.84. The van der Waals surface area contributed by atoms with Gasteiger partial charge in [0.15, 0.2) is 0 Å². The Morgan fingerprint density at radius 1 is 1.22 bits per heavy atom. The summed E-state index contributed by atoms with van der Waals surface area (Å²) in [6.45, 7) is 4.44. The van der Waals surface area contributed by atoms with Crippen LogP contribution in [0.25, 0.3) is 0 Å². The van der Waals surface area contributed by atoms with Crippen molar-refractivity contribution in [3.05, 3.63) is 29.3 Å². The zero-order valence-electron chi connectivity index (χ0n) is 11.4. The molecule has 0 spiro atoms. The van der Waals surface area contributed by atoms with Crippen molar-refractivity contribution in [2.45, 2.75) is 57.4 Å². The molecule has 0 unspecified atom stereocenters. The second-order valence-corrected chi connectivity index (χ2v) is 5.93. The van der Waals surface area contributed by atoms with Gasteiger partial charge in [-0.25, -0.2) is 0 Å². The van der Waals surface area contributed by atoms with Gasteiger partial charge in [0.1, 0.15) is 5.75 Å². The fourth-order valence-electron chi connectivity index (χ4n) is 2.81. The molecule has 2 heteroatoms. The highest BCUT2D eigenvalue weighted by molar-refractivity contribution is 9.08. The van der Waals surface area contributed by atoms with E-state index in [9.17, 15) is 0 Å². The van der Waals surface area contributed by atoms with E-state index < -0.39 is 0 Å². The number of alkyl halides is 1. The molecule has 1 aliphatic carbocycles. The quantitative estimate of drug-likeness (QED) is 0.691. The number of rotatable bonds is 4. The maximum atomic E-state index is 6.27. The van der Waals surface area contributed by atoms with Crippen molar-refractivity contribution in [2.75, 3.05) is 0 Å². The molecule has 0 radical (unpaired) electrons. The molecule has 18 heavy (non-hydrogen) atoms. The highest BCUT2D eigenvalue weighted by Gasteiger charge is 2.22. The number of hydrogen-bond acceptors (Lipinski definition) is 1. The van der Waals surface area contributed by atoms with Crippen LogP contribution in [-0.4, -0.2) is 6.10 Å². The summed E-state index contributed by atoms with van der Waals surface area (Å²) in [5, 5.41) is 0.869. The molecule has 0 amide bonds. The summed E-state index contributed by atoms with van der Waals surface area (Å²) in [4.78, 5) is 0. The Kier molecular flexibility index (Phi) is 5.11. The summed E-state index contributed by atoms with van der Waals surface area (Å²) in [5.74, 6) is 2.03. The molecule has 1 aromatic rings. The Hall–Kier alpha value is -0.500. The summed E-state index contributed by atoms with van der Waals surface area (Å²) in [5.41, 5.74) is 2.53. The monoisotopic (exact) mass is 310 g/mol. The van der Waals surface area contributed by atoms with E-state index in [0.717, 1.165) is 17.0 Å². The molecule has 2 rings (SSSR count). The van der Waals surface area contributed by atoms with E-state index in [1.54, 1.807) is 0 Å². The van der Waals surface area contributed by atoms with Gasteiger partial charge in [0.05, 0.1) is 6.10 Å². The lowest BCUT2D eigenvalue weighted by Crippen LogP contribution is -2.24. The molecule has 0 heterocycles. The fraction of sp³-hybridized carbons (Fsp3) is 0.625. The van der Waals surface area contributed by atoms with E-state index in [1.807, 2.05) is 0 Å². The lowest BCUT2D eigenvalue weighted by atomic mass is 9.86. The molecule has 100 valence electrons. The summed E-state index contributed by atoms with van der Waals surface area (Å²) < 4.78 is 6.27. The van der Waals surface area contributed by atoms with Crippen molar-refractivity contribution in [3.63, 3.8) is 0 Å². The summed E-state index contributed by atoms with van der Waals surface area (Å²) in [7, 11) is 0. The lowest BCUT2D eigenvalue weighted by molar-refractivity contribution is 0.128. The zero-order valence-corrected chi connectivity index (χ0v) is 13.0. The number of aryl methyl sites for hydroxylation is 1. The van der Waals surface area contributed by atoms with E-state index >= 15 is 0 Å². The topological polar surface area (TPSA) is 9.23 Å². The molecule has 1 aromatic carbocycles. The van der Waals surface area contributed by atoms with Crippen molar-refractivity contribution < 1.29 is 4.74 Å². The number of benzene rings is 1. The van der Waals surface area contributed by atoms with Gasteiger partial charge in [0.2, 0.25) is 0 Å². The van der Waals surface area contributed by atoms with Gasteiger partial charge in [-0.15, -0.1) is 0 Å². The number of ether oxygens (including phenoxy) is 1. The molecule has 0 bridgehead atoms. The van der Waals surface area contributed by atoms with Crippen LogP contribution in [-0.2, 0) is 5.33 Å². The van der Waals surface area contributed by atoms with Crippen molar-refractivity contribution in [3.8, 4) is 5.75 Å². The van der Waals surface area contributed by atoms with Gasteiger partial charge in [-0.2, -0.15) is 0 Å². The normalized spacial score (nSPS) is 23.9. The average molecular weight is 311 g/mol. The van der Waals surface area contributed by atoms with Crippen molar-refractivity contribution in [1.82, 2.24) is 0 Å². The molecule has 0 aliphatic heterocycles. The second kappa shape index (κ2) is 6.60. The first-order chi connectivity index (χ1) is 8.74. The zero-order chi connectivity index (χ0) is 13.0. The van der Waals surface area contributed by atoms with Gasteiger partial charge in [0.25, 0.3) is 0 Å². The maximum Gasteiger partial charge on any atom is 0.126 e. The minimum absolute atomic E-state index is 0.423. The molecular weight excluding hydrogens is 288 g/mol. The predicted octanol–water partition coefficient (Wildman–Crippen LogP) is 5.24. The highest BCUT2D eigenvalue weighted by Crippen LogP contribution is 2.32. The van der Waals surface area contributed by atoms with Crippen LogP contribution in [0.1, 0.15) is 50.2 Å². The number of hydrogen-bond donors (Lipinski definition) is 0. The van der Waals surface area contributed by atoms with Crippen LogP contribution < -0.4 is 4.74 Å². The van der Waals surface area contributed by atoms with Crippen molar-refractivity contribution >= 4 is 15.9 Å². The Labute approximate surface area is 119 Å². The molecule has 0 N–H and O–H groups in total. The van der Waals surface area contributed by atoms with Gasteiger partial charge >= 0.3 is 0 Å². The third kappa shape index (κ3) is 3.28. The first-order valence-electron chi connectivity index (χ1n) is 7.05. The molecule has 1 aliphatic rings. The van der Waals surface area contributed by atoms with Gasteiger partial charge in [-0.1, -0.05) is 47.5 Å². The second-order valence-electron chi connectivity index (χ2n) is 5.37. The Bertz CT molecular complexity index is 381. The first kappa shape index (κ1) is 13.9. The van der Waals surface area contributed by atoms with Crippen LogP contribution in [0.5, 0.6) is 5.75 Å². The van der Waals surface area contributed by atoms with Gasteiger partial charge in [-0.05, 0) is 44.1 Å². The maximum absolute atomic E-state index is 6.27. The van der Waals surface area contributed by atoms with Crippen molar-refractivity contribution in [2.24, 2.45) is 5.92 Å².